The fourth-order valence-electron chi connectivity index (χ4n) is 5.75. The van der Waals surface area contributed by atoms with E-state index in [9.17, 15) is 9.59 Å². The smallest absolute Gasteiger partial charge is 0.306 e. The van der Waals surface area contributed by atoms with Gasteiger partial charge in [0.25, 0.3) is 0 Å². The number of ether oxygens (including phenoxy) is 1. The van der Waals surface area contributed by atoms with Crippen molar-refractivity contribution in [2.24, 2.45) is 11.8 Å². The summed E-state index contributed by atoms with van der Waals surface area (Å²) in [6, 6.07) is 5.72. The van der Waals surface area contributed by atoms with Crippen LogP contribution >= 0.6 is 11.6 Å². The Labute approximate surface area is 226 Å². The van der Waals surface area contributed by atoms with Crippen molar-refractivity contribution in [3.63, 3.8) is 0 Å². The Bertz CT molecular complexity index is 1120. The number of benzene rings is 1. The molecule has 2 fully saturated rings. The molecule has 6 heteroatoms. The summed E-state index contributed by atoms with van der Waals surface area (Å²) in [7, 11) is 0. The van der Waals surface area contributed by atoms with Gasteiger partial charge in [-0.3, -0.25) is 9.59 Å². The van der Waals surface area contributed by atoms with E-state index >= 15 is 0 Å². The molecule has 1 unspecified atom stereocenters. The van der Waals surface area contributed by atoms with Crippen LogP contribution < -0.4 is 0 Å². The monoisotopic (exact) mass is 527 g/mol. The molecular formula is C31H42ClNO4. The minimum absolute atomic E-state index is 0.0352. The van der Waals surface area contributed by atoms with Crippen LogP contribution in [0.1, 0.15) is 125 Å². The van der Waals surface area contributed by atoms with E-state index in [0.717, 1.165) is 54.2 Å². The van der Waals surface area contributed by atoms with Gasteiger partial charge in [0.05, 0.1) is 12.1 Å². The van der Waals surface area contributed by atoms with Gasteiger partial charge in [0.15, 0.2) is 0 Å². The van der Waals surface area contributed by atoms with Gasteiger partial charge >= 0.3 is 5.97 Å². The molecule has 0 radical (unpaired) electrons. The van der Waals surface area contributed by atoms with Crippen LogP contribution in [0.3, 0.4) is 0 Å². The van der Waals surface area contributed by atoms with Crippen molar-refractivity contribution in [3.8, 4) is 0 Å². The lowest BCUT2D eigenvalue weighted by Crippen LogP contribution is -2.26. The number of carbonyl (C=O) groups excluding carboxylic acids is 2. The van der Waals surface area contributed by atoms with Crippen molar-refractivity contribution in [2.75, 3.05) is 0 Å². The van der Waals surface area contributed by atoms with E-state index < -0.39 is 5.60 Å². The normalized spacial score (nSPS) is 20.5. The van der Waals surface area contributed by atoms with Crippen LogP contribution in [0, 0.1) is 18.8 Å². The third-order valence-electron chi connectivity index (χ3n) is 7.46. The molecule has 0 N–H and O–H groups in total. The summed E-state index contributed by atoms with van der Waals surface area (Å²) in [5, 5.41) is 5.14. The third-order valence-corrected chi connectivity index (χ3v) is 7.83. The summed E-state index contributed by atoms with van der Waals surface area (Å²) >= 11 is 6.38. The highest BCUT2D eigenvalue weighted by molar-refractivity contribution is 6.31. The number of rotatable bonds is 11. The fraction of sp³-hybridized carbons (Fsp3) is 0.645. The van der Waals surface area contributed by atoms with Gasteiger partial charge in [0.1, 0.15) is 17.1 Å². The molecule has 2 aromatic rings. The first kappa shape index (κ1) is 27.9. The van der Waals surface area contributed by atoms with Gasteiger partial charge in [-0.15, -0.1) is 0 Å². The highest BCUT2D eigenvalue weighted by Crippen LogP contribution is 2.52. The highest BCUT2D eigenvalue weighted by atomic mass is 35.5. The number of hydrogen-bond donors (Lipinski definition) is 0. The van der Waals surface area contributed by atoms with Crippen molar-refractivity contribution in [3.05, 3.63) is 51.4 Å². The summed E-state index contributed by atoms with van der Waals surface area (Å²) in [6.07, 6.45) is 6.27. The largest absolute Gasteiger partial charge is 0.460 e. The molecule has 5 nitrogen and oxygen atoms in total. The van der Waals surface area contributed by atoms with Gasteiger partial charge in [0.2, 0.25) is 0 Å². The number of hydrogen-bond acceptors (Lipinski definition) is 5. The molecule has 37 heavy (non-hydrogen) atoms. The average Bonchev–Trinajstić information content (AvgIpc) is 3.49. The second-order valence-corrected chi connectivity index (χ2v) is 13.2. The molecule has 0 amide bonds. The Balaban J connectivity index is 1.56. The van der Waals surface area contributed by atoms with Gasteiger partial charge in [-0.25, -0.2) is 0 Å². The number of aromatic nitrogens is 1. The summed E-state index contributed by atoms with van der Waals surface area (Å²) in [5.41, 5.74) is 3.25. The zero-order valence-corrected chi connectivity index (χ0v) is 24.0. The van der Waals surface area contributed by atoms with Crippen LogP contribution in [-0.2, 0) is 20.7 Å². The van der Waals surface area contributed by atoms with Crippen LogP contribution in [0.15, 0.2) is 22.7 Å². The molecule has 1 atom stereocenters. The number of aryl methyl sites for hydroxylation is 1. The number of halogens is 1. The predicted octanol–water partition coefficient (Wildman–Crippen LogP) is 8.07. The van der Waals surface area contributed by atoms with Gasteiger partial charge in [-0.1, -0.05) is 48.3 Å². The van der Waals surface area contributed by atoms with E-state index in [-0.39, 0.29) is 36.9 Å². The first-order valence-electron chi connectivity index (χ1n) is 13.9. The van der Waals surface area contributed by atoms with Gasteiger partial charge in [0, 0.05) is 35.3 Å². The minimum Gasteiger partial charge on any atom is -0.460 e. The summed E-state index contributed by atoms with van der Waals surface area (Å²) in [5.74, 6) is 2.60. The number of carbonyl (C=O) groups is 2. The zero-order chi connectivity index (χ0) is 26.9. The molecule has 0 saturated heterocycles. The molecular weight excluding hydrogens is 486 g/mol. The summed E-state index contributed by atoms with van der Waals surface area (Å²) in [6.45, 7) is 12.1. The van der Waals surface area contributed by atoms with Gasteiger partial charge in [-0.2, -0.15) is 0 Å². The van der Waals surface area contributed by atoms with Crippen LogP contribution in [0.2, 0.25) is 5.02 Å². The maximum atomic E-state index is 13.3. The molecule has 2 aliphatic rings. The van der Waals surface area contributed by atoms with Crippen molar-refractivity contribution in [1.29, 1.82) is 0 Å². The third kappa shape index (κ3) is 7.46. The maximum absolute atomic E-state index is 13.3. The van der Waals surface area contributed by atoms with E-state index in [1.54, 1.807) is 0 Å². The average molecular weight is 528 g/mol. The molecule has 0 spiro atoms. The Morgan fingerprint density at radius 3 is 2.46 bits per heavy atom. The number of esters is 1. The van der Waals surface area contributed by atoms with Crippen LogP contribution in [0.4, 0.5) is 0 Å². The van der Waals surface area contributed by atoms with E-state index in [1.165, 1.54) is 12.0 Å². The van der Waals surface area contributed by atoms with Crippen molar-refractivity contribution in [1.82, 2.24) is 5.16 Å². The first-order valence-corrected chi connectivity index (χ1v) is 14.2. The molecule has 2 saturated carbocycles. The van der Waals surface area contributed by atoms with Crippen LogP contribution in [0.5, 0.6) is 0 Å². The topological polar surface area (TPSA) is 69.4 Å². The molecule has 202 valence electrons. The van der Waals surface area contributed by atoms with E-state index in [4.69, 9.17) is 20.9 Å². The van der Waals surface area contributed by atoms with E-state index in [2.05, 4.69) is 19.0 Å². The number of Topliss-reactive ketones (excluding diaryl/α,β-unsaturated/α-hetero) is 1. The first-order chi connectivity index (χ1) is 17.4. The molecule has 4 rings (SSSR count). The SMILES string of the molecule is Cc1ccc(Cl)c(CC(=O)CC(CC(=O)OC(C)(C)C)c2noc(C3CC(CC(C)C)C3)c2C2CC2)c1. The molecule has 0 aliphatic heterocycles. The molecule has 1 aromatic heterocycles. The van der Waals surface area contributed by atoms with Crippen molar-refractivity contribution in [2.45, 2.75) is 116 Å². The summed E-state index contributed by atoms with van der Waals surface area (Å²) in [4.78, 5) is 26.2. The maximum Gasteiger partial charge on any atom is 0.306 e. The standard InChI is InChI=1S/C31H42ClNO4/c1-18(2)11-20-13-24(14-20)30-28(21-8-9-21)29(33-37-30)23(17-27(35)36-31(4,5)6)16-25(34)15-22-12-19(3)7-10-26(22)32/h7,10,12,18,20-21,23-24H,8-9,11,13-17H2,1-6H3. The molecule has 0 bridgehead atoms. The van der Waals surface area contributed by atoms with Crippen molar-refractivity contribution < 1.29 is 18.8 Å². The Hall–Kier alpha value is -2.14. The van der Waals surface area contributed by atoms with Gasteiger partial charge < -0.3 is 9.26 Å². The van der Waals surface area contributed by atoms with E-state index in [1.807, 2.05) is 45.9 Å². The lowest BCUT2D eigenvalue weighted by molar-refractivity contribution is -0.155. The zero-order valence-electron chi connectivity index (χ0n) is 23.2. The number of nitrogens with zero attached hydrogens (tertiary/aromatic N) is 1. The Morgan fingerprint density at radius 2 is 1.84 bits per heavy atom. The second kappa shape index (κ2) is 11.3. The van der Waals surface area contributed by atoms with Gasteiger partial charge in [-0.05, 0) is 89.2 Å². The fourth-order valence-corrected chi connectivity index (χ4v) is 5.94. The molecule has 2 aliphatic carbocycles. The Morgan fingerprint density at radius 1 is 1.14 bits per heavy atom. The second-order valence-electron chi connectivity index (χ2n) is 12.8. The summed E-state index contributed by atoms with van der Waals surface area (Å²) < 4.78 is 11.7. The van der Waals surface area contributed by atoms with E-state index in [0.29, 0.717) is 22.8 Å². The van der Waals surface area contributed by atoms with Crippen LogP contribution in [-0.4, -0.2) is 22.5 Å². The van der Waals surface area contributed by atoms with Crippen LogP contribution in [0.25, 0.3) is 0 Å². The quantitative estimate of drug-likeness (QED) is 0.276. The lowest BCUT2D eigenvalue weighted by atomic mass is 9.69. The lowest BCUT2D eigenvalue weighted by Gasteiger charge is -2.35. The predicted molar refractivity (Wildman–Crippen MR) is 146 cm³/mol. The minimum atomic E-state index is -0.591. The molecule has 1 heterocycles. The Kier molecular flexibility index (Phi) is 8.52. The number of ketones is 1. The van der Waals surface area contributed by atoms with Crippen molar-refractivity contribution >= 4 is 23.4 Å². The highest BCUT2D eigenvalue weighted by Gasteiger charge is 2.42. The molecule has 1 aromatic carbocycles.